The highest BCUT2D eigenvalue weighted by molar-refractivity contribution is 5.78. The lowest BCUT2D eigenvalue weighted by Crippen LogP contribution is -2.44. The smallest absolute Gasteiger partial charge is 0.328 e. The molecule has 1 aliphatic heterocycles. The van der Waals surface area contributed by atoms with E-state index in [4.69, 9.17) is 4.74 Å². The second-order valence-corrected chi connectivity index (χ2v) is 5.93. The van der Waals surface area contributed by atoms with E-state index in [0.717, 1.165) is 23.1 Å². The maximum Gasteiger partial charge on any atom is 0.328 e. The van der Waals surface area contributed by atoms with Crippen molar-refractivity contribution in [3.8, 4) is 0 Å². The van der Waals surface area contributed by atoms with Crippen LogP contribution in [-0.2, 0) is 30.2 Å². The predicted molar refractivity (Wildman–Crippen MR) is 87.2 cm³/mol. The second kappa shape index (κ2) is 6.55. The van der Waals surface area contributed by atoms with E-state index in [-0.39, 0.29) is 17.6 Å². The first kappa shape index (κ1) is 15.8. The van der Waals surface area contributed by atoms with Gasteiger partial charge in [0.1, 0.15) is 0 Å². The zero-order valence-corrected chi connectivity index (χ0v) is 13.5. The SMILES string of the molecule is Cn1c(=O)n(C)c2cc(CNC(=O)C[C@@H]3COCCN3)ccc21. The van der Waals surface area contributed by atoms with Crippen molar-refractivity contribution in [3.05, 3.63) is 34.2 Å². The highest BCUT2D eigenvalue weighted by Gasteiger charge is 2.16. The number of rotatable bonds is 4. The van der Waals surface area contributed by atoms with Crippen LogP contribution in [0.25, 0.3) is 11.0 Å². The van der Waals surface area contributed by atoms with Crippen LogP contribution >= 0.6 is 0 Å². The van der Waals surface area contributed by atoms with E-state index in [2.05, 4.69) is 10.6 Å². The third kappa shape index (κ3) is 3.30. The minimum absolute atomic E-state index is 0.00459. The average Bonchev–Trinajstić information content (AvgIpc) is 2.78. The maximum absolute atomic E-state index is 12.0. The summed E-state index contributed by atoms with van der Waals surface area (Å²) in [4.78, 5) is 23.9. The van der Waals surface area contributed by atoms with E-state index in [1.54, 1.807) is 23.2 Å². The van der Waals surface area contributed by atoms with Crippen molar-refractivity contribution in [1.82, 2.24) is 19.8 Å². The van der Waals surface area contributed by atoms with Crippen LogP contribution in [-0.4, -0.2) is 40.8 Å². The molecule has 0 spiro atoms. The number of benzene rings is 1. The van der Waals surface area contributed by atoms with E-state index in [1.165, 1.54) is 0 Å². The van der Waals surface area contributed by atoms with Gasteiger partial charge < -0.3 is 15.4 Å². The Balaban J connectivity index is 1.64. The molecular weight excluding hydrogens is 296 g/mol. The van der Waals surface area contributed by atoms with Crippen molar-refractivity contribution in [2.24, 2.45) is 14.1 Å². The number of imidazole rings is 1. The molecule has 0 bridgehead atoms. The number of nitrogens with zero attached hydrogens (tertiary/aromatic N) is 2. The number of carbonyl (C=O) groups excluding carboxylic acids is 1. The average molecular weight is 318 g/mol. The molecule has 0 saturated carbocycles. The molecule has 124 valence electrons. The number of fused-ring (bicyclic) bond motifs is 1. The molecule has 1 aromatic heterocycles. The standard InChI is InChI=1S/C16H22N4O3/c1-19-13-4-3-11(7-14(13)20(2)16(19)22)9-18-15(21)8-12-10-23-6-5-17-12/h3-4,7,12,17H,5-6,8-10H2,1-2H3,(H,18,21)/t12-/m1/s1. The van der Waals surface area contributed by atoms with Crippen molar-refractivity contribution < 1.29 is 9.53 Å². The van der Waals surface area contributed by atoms with Gasteiger partial charge in [-0.25, -0.2) is 4.79 Å². The molecule has 0 radical (unpaired) electrons. The van der Waals surface area contributed by atoms with Gasteiger partial charge in [0.25, 0.3) is 0 Å². The normalized spacial score (nSPS) is 18.3. The lowest BCUT2D eigenvalue weighted by Gasteiger charge is -2.23. The molecule has 1 aliphatic rings. The van der Waals surface area contributed by atoms with Gasteiger partial charge in [-0.2, -0.15) is 0 Å². The molecule has 1 atom stereocenters. The van der Waals surface area contributed by atoms with Gasteiger partial charge in [0.2, 0.25) is 5.91 Å². The lowest BCUT2D eigenvalue weighted by atomic mass is 10.1. The van der Waals surface area contributed by atoms with Crippen molar-refractivity contribution in [2.75, 3.05) is 19.8 Å². The second-order valence-electron chi connectivity index (χ2n) is 5.93. The van der Waals surface area contributed by atoms with Gasteiger partial charge >= 0.3 is 5.69 Å². The van der Waals surface area contributed by atoms with Crippen LogP contribution < -0.4 is 16.3 Å². The minimum Gasteiger partial charge on any atom is -0.378 e. The monoisotopic (exact) mass is 318 g/mol. The Morgan fingerprint density at radius 3 is 2.87 bits per heavy atom. The van der Waals surface area contributed by atoms with Crippen molar-refractivity contribution in [3.63, 3.8) is 0 Å². The summed E-state index contributed by atoms with van der Waals surface area (Å²) in [7, 11) is 3.51. The summed E-state index contributed by atoms with van der Waals surface area (Å²) in [6, 6.07) is 5.87. The Morgan fingerprint density at radius 1 is 1.35 bits per heavy atom. The molecule has 0 unspecified atom stereocenters. The van der Waals surface area contributed by atoms with Crippen LogP contribution in [0.3, 0.4) is 0 Å². The van der Waals surface area contributed by atoms with Crippen molar-refractivity contribution in [2.45, 2.75) is 19.0 Å². The molecule has 0 aliphatic carbocycles. The van der Waals surface area contributed by atoms with Crippen LogP contribution in [0, 0.1) is 0 Å². The summed E-state index contributed by atoms with van der Waals surface area (Å²) in [5.41, 5.74) is 2.67. The molecule has 7 heteroatoms. The third-order valence-electron chi connectivity index (χ3n) is 4.26. The molecule has 1 saturated heterocycles. The first-order valence-corrected chi connectivity index (χ1v) is 7.78. The number of aromatic nitrogens is 2. The third-order valence-corrected chi connectivity index (χ3v) is 4.26. The summed E-state index contributed by atoms with van der Waals surface area (Å²) >= 11 is 0. The molecule has 3 rings (SSSR count). The van der Waals surface area contributed by atoms with Gasteiger partial charge in [-0.1, -0.05) is 6.07 Å². The van der Waals surface area contributed by atoms with E-state index < -0.39 is 0 Å². The largest absolute Gasteiger partial charge is 0.378 e. The zero-order chi connectivity index (χ0) is 16.4. The first-order chi connectivity index (χ1) is 11.1. The number of aryl methyl sites for hydroxylation is 2. The van der Waals surface area contributed by atoms with Crippen LogP contribution in [0.15, 0.2) is 23.0 Å². The molecule has 1 aromatic carbocycles. The Kier molecular flexibility index (Phi) is 4.49. The summed E-state index contributed by atoms with van der Waals surface area (Å²) < 4.78 is 8.58. The van der Waals surface area contributed by atoms with Crippen molar-refractivity contribution >= 4 is 16.9 Å². The molecule has 1 fully saturated rings. The van der Waals surface area contributed by atoms with Crippen molar-refractivity contribution in [1.29, 1.82) is 0 Å². The first-order valence-electron chi connectivity index (χ1n) is 7.78. The number of hydrogen-bond acceptors (Lipinski definition) is 4. The number of ether oxygens (including phenoxy) is 1. The fourth-order valence-electron chi connectivity index (χ4n) is 2.91. The van der Waals surface area contributed by atoms with Crippen LogP contribution in [0.4, 0.5) is 0 Å². The number of amides is 1. The maximum atomic E-state index is 12.0. The summed E-state index contributed by atoms with van der Waals surface area (Å²) in [6.07, 6.45) is 0.409. The zero-order valence-electron chi connectivity index (χ0n) is 13.5. The number of hydrogen-bond donors (Lipinski definition) is 2. The Bertz CT molecular complexity index is 771. The number of carbonyl (C=O) groups is 1. The number of nitrogens with one attached hydrogen (secondary N) is 2. The highest BCUT2D eigenvalue weighted by atomic mass is 16.5. The van der Waals surface area contributed by atoms with Gasteiger partial charge in [-0.15, -0.1) is 0 Å². The predicted octanol–water partition coefficient (Wildman–Crippen LogP) is -0.128. The van der Waals surface area contributed by atoms with Gasteiger partial charge in [-0.3, -0.25) is 13.9 Å². The van der Waals surface area contributed by atoms with Gasteiger partial charge in [0, 0.05) is 39.6 Å². The summed E-state index contributed by atoms with van der Waals surface area (Å²) in [5.74, 6) is -0.00459. The van der Waals surface area contributed by atoms with E-state index >= 15 is 0 Å². The van der Waals surface area contributed by atoms with Crippen LogP contribution in [0.1, 0.15) is 12.0 Å². The fraction of sp³-hybridized carbons (Fsp3) is 0.500. The Morgan fingerprint density at radius 2 is 2.13 bits per heavy atom. The van der Waals surface area contributed by atoms with E-state index in [9.17, 15) is 9.59 Å². The number of morpholine rings is 1. The topological polar surface area (TPSA) is 77.3 Å². The lowest BCUT2D eigenvalue weighted by molar-refractivity contribution is -0.122. The van der Waals surface area contributed by atoms with Crippen LogP contribution in [0.5, 0.6) is 0 Å². The minimum atomic E-state index is -0.0513. The Labute approximate surface area is 134 Å². The van der Waals surface area contributed by atoms with E-state index in [1.807, 2.05) is 18.2 Å². The molecule has 2 heterocycles. The van der Waals surface area contributed by atoms with Gasteiger partial charge in [0.05, 0.1) is 24.2 Å². The fourth-order valence-corrected chi connectivity index (χ4v) is 2.91. The molecule has 2 aromatic rings. The van der Waals surface area contributed by atoms with Crippen LogP contribution in [0.2, 0.25) is 0 Å². The Hall–Kier alpha value is -2.12. The molecule has 2 N–H and O–H groups in total. The van der Waals surface area contributed by atoms with Gasteiger partial charge in [-0.05, 0) is 17.7 Å². The van der Waals surface area contributed by atoms with E-state index in [0.29, 0.717) is 26.2 Å². The van der Waals surface area contributed by atoms with Gasteiger partial charge in [0.15, 0.2) is 0 Å². The summed E-state index contributed by atoms with van der Waals surface area (Å²) in [5, 5.41) is 6.19. The molecule has 7 nitrogen and oxygen atoms in total. The summed E-state index contributed by atoms with van der Waals surface area (Å²) in [6.45, 7) is 2.52. The molecular formula is C16H22N4O3. The molecule has 23 heavy (non-hydrogen) atoms. The quantitative estimate of drug-likeness (QED) is 0.823. The molecule has 1 amide bonds. The highest BCUT2D eigenvalue weighted by Crippen LogP contribution is 2.14.